The number of carboxylic acids is 1. The Labute approximate surface area is 187 Å². The van der Waals surface area contributed by atoms with Gasteiger partial charge in [0.1, 0.15) is 18.4 Å². The van der Waals surface area contributed by atoms with Crippen molar-refractivity contribution in [1.29, 1.82) is 0 Å². The van der Waals surface area contributed by atoms with Gasteiger partial charge >= 0.3 is 5.97 Å². The largest absolute Gasteiger partial charge is 0.478 e. The quantitative estimate of drug-likeness (QED) is 0.216. The van der Waals surface area contributed by atoms with Gasteiger partial charge in [-0.2, -0.15) is 0 Å². The maximum Gasteiger partial charge on any atom is 0.335 e. The molecule has 3 amide bonds. The molecule has 0 aliphatic carbocycles. The average molecular weight is 449 g/mol. The van der Waals surface area contributed by atoms with Gasteiger partial charge in [0.2, 0.25) is 11.8 Å². The summed E-state index contributed by atoms with van der Waals surface area (Å²) in [6.45, 7) is 5.49. The number of carbonyl (C=O) groups excluding carboxylic acids is 4. The maximum atomic E-state index is 12.8. The zero-order valence-electron chi connectivity index (χ0n) is 18.6. The number of nitrogens with two attached hydrogens (primary N) is 1. The predicted molar refractivity (Wildman–Crippen MR) is 118 cm³/mol. The van der Waals surface area contributed by atoms with Gasteiger partial charge in [-0.05, 0) is 62.9 Å². The lowest BCUT2D eigenvalue weighted by atomic mass is 10.1. The highest BCUT2D eigenvalue weighted by atomic mass is 16.4. The van der Waals surface area contributed by atoms with Gasteiger partial charge in [-0.3, -0.25) is 14.4 Å². The van der Waals surface area contributed by atoms with Crippen molar-refractivity contribution in [3.05, 3.63) is 35.4 Å². The number of hydrogen-bond acceptors (Lipinski definition) is 6. The van der Waals surface area contributed by atoms with E-state index in [0.29, 0.717) is 32.1 Å². The third-order valence-electron chi connectivity index (χ3n) is 4.89. The van der Waals surface area contributed by atoms with Crippen molar-refractivity contribution in [3.8, 4) is 0 Å². The van der Waals surface area contributed by atoms with Crippen molar-refractivity contribution < 1.29 is 29.1 Å². The van der Waals surface area contributed by atoms with Crippen molar-refractivity contribution in [1.82, 2.24) is 16.0 Å². The van der Waals surface area contributed by atoms with E-state index in [0.717, 1.165) is 0 Å². The van der Waals surface area contributed by atoms with Crippen molar-refractivity contribution in [3.63, 3.8) is 0 Å². The second-order valence-electron chi connectivity index (χ2n) is 7.84. The van der Waals surface area contributed by atoms with Gasteiger partial charge in [-0.25, -0.2) is 4.79 Å². The molecule has 10 nitrogen and oxygen atoms in total. The Morgan fingerprint density at radius 1 is 0.938 bits per heavy atom. The lowest BCUT2D eigenvalue weighted by Gasteiger charge is -2.23. The van der Waals surface area contributed by atoms with E-state index in [2.05, 4.69) is 16.0 Å². The zero-order chi connectivity index (χ0) is 24.3. The summed E-state index contributed by atoms with van der Waals surface area (Å²) >= 11 is 0. The first-order valence-electron chi connectivity index (χ1n) is 10.5. The molecule has 32 heavy (non-hydrogen) atoms. The Morgan fingerprint density at radius 3 is 2.03 bits per heavy atom. The van der Waals surface area contributed by atoms with E-state index >= 15 is 0 Å². The summed E-state index contributed by atoms with van der Waals surface area (Å²) in [5.74, 6) is -2.83. The lowest BCUT2D eigenvalue weighted by Crippen LogP contribution is -2.54. The molecule has 3 atom stereocenters. The number of carboxylic acid groups (broad SMARTS) is 1. The molecule has 0 aliphatic heterocycles. The fraction of sp³-hybridized carbons (Fsp3) is 0.500. The highest BCUT2D eigenvalue weighted by Gasteiger charge is 2.26. The fourth-order valence-corrected chi connectivity index (χ4v) is 2.79. The summed E-state index contributed by atoms with van der Waals surface area (Å²) in [5, 5.41) is 16.7. The maximum absolute atomic E-state index is 12.8. The first kappa shape index (κ1) is 26.8. The number of unbranched alkanes of at least 4 members (excludes halogenated alkanes) is 1. The highest BCUT2D eigenvalue weighted by molar-refractivity contribution is 5.99. The average Bonchev–Trinajstić information content (AvgIpc) is 2.76. The first-order chi connectivity index (χ1) is 15.1. The Kier molecular flexibility index (Phi) is 11.0. The Bertz CT molecular complexity index is 809. The van der Waals surface area contributed by atoms with Crippen molar-refractivity contribution >= 4 is 30.0 Å². The van der Waals surface area contributed by atoms with E-state index in [1.54, 1.807) is 13.8 Å². The molecule has 0 unspecified atom stereocenters. The van der Waals surface area contributed by atoms with Gasteiger partial charge in [-0.15, -0.1) is 0 Å². The van der Waals surface area contributed by atoms with Gasteiger partial charge < -0.3 is 31.6 Å². The van der Waals surface area contributed by atoms with Gasteiger partial charge in [0.05, 0.1) is 11.6 Å². The number of rotatable bonds is 13. The topological polar surface area (TPSA) is 168 Å². The molecule has 10 heteroatoms. The minimum Gasteiger partial charge on any atom is -0.478 e. The molecule has 0 saturated carbocycles. The number of carbonyl (C=O) groups is 5. The third kappa shape index (κ3) is 8.46. The Balaban J connectivity index is 2.84. The van der Waals surface area contributed by atoms with Crippen molar-refractivity contribution in [2.24, 2.45) is 11.7 Å². The number of hydrogen-bond donors (Lipinski definition) is 5. The minimum absolute atomic E-state index is 0.0358. The summed E-state index contributed by atoms with van der Waals surface area (Å²) in [5.41, 5.74) is 5.74. The van der Waals surface area contributed by atoms with Crippen LogP contribution < -0.4 is 21.7 Å². The van der Waals surface area contributed by atoms with E-state index < -0.39 is 41.8 Å². The van der Waals surface area contributed by atoms with Crippen LogP contribution in [0.2, 0.25) is 0 Å². The van der Waals surface area contributed by atoms with Gasteiger partial charge in [0.25, 0.3) is 5.91 Å². The van der Waals surface area contributed by atoms with E-state index in [1.807, 2.05) is 0 Å². The normalized spacial score (nSPS) is 13.5. The van der Waals surface area contributed by atoms with Crippen LogP contribution in [0.15, 0.2) is 24.3 Å². The molecule has 0 spiro atoms. The van der Waals surface area contributed by atoms with Crippen LogP contribution >= 0.6 is 0 Å². The van der Waals surface area contributed by atoms with Gasteiger partial charge in [-0.1, -0.05) is 13.8 Å². The fourth-order valence-electron chi connectivity index (χ4n) is 2.79. The van der Waals surface area contributed by atoms with Crippen LogP contribution in [-0.4, -0.2) is 59.8 Å². The van der Waals surface area contributed by atoms with Gasteiger partial charge in [0.15, 0.2) is 0 Å². The van der Waals surface area contributed by atoms with Crippen LogP contribution in [0, 0.1) is 5.92 Å². The summed E-state index contributed by atoms with van der Waals surface area (Å²) in [6.07, 6.45) is 2.17. The number of aldehydes is 1. The molecule has 1 rings (SSSR count). The summed E-state index contributed by atoms with van der Waals surface area (Å²) < 4.78 is 0. The molecule has 176 valence electrons. The Morgan fingerprint density at radius 2 is 1.53 bits per heavy atom. The smallest absolute Gasteiger partial charge is 0.335 e. The second kappa shape index (κ2) is 13.2. The molecule has 0 aliphatic rings. The molecule has 0 saturated heterocycles. The molecule has 0 aromatic heterocycles. The van der Waals surface area contributed by atoms with Crippen molar-refractivity contribution in [2.45, 2.75) is 58.2 Å². The van der Waals surface area contributed by atoms with E-state index in [1.165, 1.54) is 31.2 Å². The van der Waals surface area contributed by atoms with Crippen LogP contribution in [0.5, 0.6) is 0 Å². The Hall–Kier alpha value is -3.27. The van der Waals surface area contributed by atoms with Gasteiger partial charge in [0, 0.05) is 5.56 Å². The molecule has 0 heterocycles. The monoisotopic (exact) mass is 448 g/mol. The van der Waals surface area contributed by atoms with Crippen LogP contribution in [0.25, 0.3) is 0 Å². The molecule has 6 N–H and O–H groups in total. The highest BCUT2D eigenvalue weighted by Crippen LogP contribution is 2.08. The summed E-state index contributed by atoms with van der Waals surface area (Å²) in [7, 11) is 0. The van der Waals surface area contributed by atoms with E-state index in [9.17, 15) is 24.0 Å². The molecular weight excluding hydrogens is 416 g/mol. The van der Waals surface area contributed by atoms with Crippen LogP contribution in [0.3, 0.4) is 0 Å². The number of nitrogens with one attached hydrogen (secondary N) is 3. The number of aromatic carboxylic acids is 1. The number of benzene rings is 1. The molecule has 1 aromatic carbocycles. The standard InChI is InChI=1S/C22H32N4O6/c1-13(2)18(12-27)26-19(28)14(3)24-21(30)17(6-4-5-11-23)25-20(29)15-7-9-16(10-8-15)22(31)32/h7-10,12-14,17-18H,4-6,11,23H2,1-3H3,(H,24,30)(H,25,29)(H,26,28)(H,31,32)/t14-,17-,18+/m0/s1. The molecule has 0 radical (unpaired) electrons. The SMILES string of the molecule is CC(C)[C@@H](C=O)NC(=O)[C@H](C)NC(=O)[C@H](CCCCN)NC(=O)c1ccc(C(=O)O)cc1. The van der Waals surface area contributed by atoms with Crippen LogP contribution in [-0.2, 0) is 14.4 Å². The van der Waals surface area contributed by atoms with Crippen LogP contribution in [0.1, 0.15) is 60.7 Å². The lowest BCUT2D eigenvalue weighted by molar-refractivity contribution is -0.130. The molecule has 1 aromatic rings. The third-order valence-corrected chi connectivity index (χ3v) is 4.89. The summed E-state index contributed by atoms with van der Waals surface area (Å²) in [6, 6.07) is 2.79. The molecular formula is C22H32N4O6. The molecule has 0 bridgehead atoms. The second-order valence-corrected chi connectivity index (χ2v) is 7.84. The van der Waals surface area contributed by atoms with Crippen LogP contribution in [0.4, 0.5) is 0 Å². The minimum atomic E-state index is -1.11. The summed E-state index contributed by atoms with van der Waals surface area (Å²) in [4.78, 5) is 59.7. The van der Waals surface area contributed by atoms with E-state index in [-0.39, 0.29) is 17.0 Å². The van der Waals surface area contributed by atoms with E-state index in [4.69, 9.17) is 10.8 Å². The predicted octanol–water partition coefficient (Wildman–Crippen LogP) is 0.457. The molecule has 0 fully saturated rings. The first-order valence-corrected chi connectivity index (χ1v) is 10.5. The number of amides is 3. The zero-order valence-corrected chi connectivity index (χ0v) is 18.6. The van der Waals surface area contributed by atoms with Crippen molar-refractivity contribution in [2.75, 3.05) is 6.54 Å².